The number of phenols is 1. The number of carbonyl (C=O) groups is 2. The van der Waals surface area contributed by atoms with E-state index >= 15 is 0 Å². The number of piperidine rings is 1. The van der Waals surface area contributed by atoms with Crippen molar-refractivity contribution in [3.63, 3.8) is 0 Å². The van der Waals surface area contributed by atoms with Crippen LogP contribution in [0.3, 0.4) is 0 Å². The fourth-order valence-electron chi connectivity index (χ4n) is 8.33. The summed E-state index contributed by atoms with van der Waals surface area (Å²) >= 11 is 0. The molecule has 1 heterocycles. The Morgan fingerprint density at radius 1 is 1.13 bits per heavy atom. The highest BCUT2D eigenvalue weighted by molar-refractivity contribution is 5.95. The second-order valence-corrected chi connectivity index (χ2v) is 15.0. The molecule has 2 bridgehead atoms. The van der Waals surface area contributed by atoms with Crippen LogP contribution < -0.4 is 16.4 Å². The summed E-state index contributed by atoms with van der Waals surface area (Å²) in [5.74, 6) is 1.78. The Hall–Kier alpha value is -3.39. The molecule has 2 aliphatic carbocycles. The second kappa shape index (κ2) is 14.8. The lowest BCUT2D eigenvalue weighted by atomic mass is 9.59. The molecule has 2 fully saturated rings. The number of nitrogens with zero attached hydrogens (tertiary/aromatic N) is 2. The summed E-state index contributed by atoms with van der Waals surface area (Å²) in [7, 11) is 0. The van der Waals surface area contributed by atoms with Gasteiger partial charge in [0.05, 0.1) is 11.3 Å². The van der Waals surface area contributed by atoms with Gasteiger partial charge in [0, 0.05) is 32.1 Å². The number of carbonyl (C=O) groups excluding carboxylic acids is 2. The molecule has 1 aliphatic heterocycles. The van der Waals surface area contributed by atoms with E-state index in [-0.39, 0.29) is 29.1 Å². The minimum atomic E-state index is -0.639. The number of hydrogen-bond acceptors (Lipinski definition) is 5. The van der Waals surface area contributed by atoms with Crippen molar-refractivity contribution in [2.45, 2.75) is 109 Å². The van der Waals surface area contributed by atoms with Crippen LogP contribution >= 0.6 is 0 Å². The molecular weight excluding hydrogens is 586 g/mol. The number of likely N-dealkylation sites (tertiary alicyclic amines) is 1. The fourth-order valence-corrected chi connectivity index (χ4v) is 8.33. The molecule has 0 spiro atoms. The Balaban J connectivity index is 1.25. The SMILES string of the molecule is CCC(N)=NCCCCCNC(=O)C(CC(C)C)NC(=O)[C@]1(c2ccccc2)CC1CN1CC[C@@]2(C)c3cc(O)ccc3CC1C2C. The van der Waals surface area contributed by atoms with Gasteiger partial charge < -0.3 is 21.5 Å². The van der Waals surface area contributed by atoms with Crippen LogP contribution in [0.15, 0.2) is 53.5 Å². The number of hydrogen-bond donors (Lipinski definition) is 4. The van der Waals surface area contributed by atoms with Gasteiger partial charge in [-0.2, -0.15) is 0 Å². The molecule has 256 valence electrons. The van der Waals surface area contributed by atoms with Crippen LogP contribution in [-0.4, -0.2) is 65.9 Å². The molecule has 1 saturated heterocycles. The maximum Gasteiger partial charge on any atom is 0.242 e. The zero-order valence-electron chi connectivity index (χ0n) is 29.2. The van der Waals surface area contributed by atoms with Gasteiger partial charge in [-0.25, -0.2) is 0 Å². The summed E-state index contributed by atoms with van der Waals surface area (Å²) in [5, 5.41) is 16.6. The zero-order valence-corrected chi connectivity index (χ0v) is 29.2. The van der Waals surface area contributed by atoms with Crippen molar-refractivity contribution >= 4 is 17.6 Å². The van der Waals surface area contributed by atoms with E-state index in [4.69, 9.17) is 5.73 Å². The zero-order chi connectivity index (χ0) is 33.8. The van der Waals surface area contributed by atoms with Gasteiger partial charge in [-0.05, 0) is 103 Å². The number of unbranched alkanes of at least 4 members (excludes halogenated alkanes) is 2. The highest BCUT2D eigenvalue weighted by Gasteiger charge is 2.62. The summed E-state index contributed by atoms with van der Waals surface area (Å²) in [6, 6.07) is 15.9. The van der Waals surface area contributed by atoms with Crippen LogP contribution in [0.5, 0.6) is 5.75 Å². The first kappa shape index (κ1) is 34.9. The van der Waals surface area contributed by atoms with Gasteiger partial charge in [-0.3, -0.25) is 19.5 Å². The van der Waals surface area contributed by atoms with Crippen molar-refractivity contribution in [1.82, 2.24) is 15.5 Å². The van der Waals surface area contributed by atoms with Crippen molar-refractivity contribution in [1.29, 1.82) is 0 Å². The number of aliphatic imine (C=N–C) groups is 1. The average molecular weight is 644 g/mol. The lowest BCUT2D eigenvalue weighted by molar-refractivity contribution is -0.131. The quantitative estimate of drug-likeness (QED) is 0.117. The summed E-state index contributed by atoms with van der Waals surface area (Å²) in [5.41, 5.74) is 8.85. The second-order valence-electron chi connectivity index (χ2n) is 15.0. The summed E-state index contributed by atoms with van der Waals surface area (Å²) < 4.78 is 0. The van der Waals surface area contributed by atoms with Gasteiger partial charge in [0.2, 0.25) is 11.8 Å². The molecular formula is C39H57N5O3. The van der Waals surface area contributed by atoms with Crippen LogP contribution in [0.4, 0.5) is 0 Å². The van der Waals surface area contributed by atoms with Crippen molar-refractivity contribution < 1.29 is 14.7 Å². The van der Waals surface area contributed by atoms with Crippen LogP contribution in [0.1, 0.15) is 96.3 Å². The van der Waals surface area contributed by atoms with Gasteiger partial charge >= 0.3 is 0 Å². The van der Waals surface area contributed by atoms with Crippen molar-refractivity contribution in [2.75, 3.05) is 26.2 Å². The molecule has 2 aromatic rings. The number of aromatic hydroxyl groups is 1. The van der Waals surface area contributed by atoms with E-state index in [0.29, 0.717) is 36.5 Å². The number of rotatable bonds is 15. The molecule has 47 heavy (non-hydrogen) atoms. The number of amidine groups is 1. The molecule has 2 aromatic carbocycles. The largest absolute Gasteiger partial charge is 0.508 e. The first-order chi connectivity index (χ1) is 22.5. The molecule has 2 amide bonds. The van der Waals surface area contributed by atoms with Gasteiger partial charge in [0.1, 0.15) is 11.8 Å². The topological polar surface area (TPSA) is 120 Å². The molecule has 0 aromatic heterocycles. The average Bonchev–Trinajstić information content (AvgIpc) is 3.78. The monoisotopic (exact) mass is 643 g/mol. The highest BCUT2D eigenvalue weighted by Crippen LogP contribution is 2.57. The van der Waals surface area contributed by atoms with Crippen molar-refractivity contribution in [3.05, 3.63) is 65.2 Å². The van der Waals surface area contributed by atoms with E-state index in [1.54, 1.807) is 0 Å². The van der Waals surface area contributed by atoms with E-state index in [1.165, 1.54) is 11.1 Å². The van der Waals surface area contributed by atoms with Gasteiger partial charge in [0.15, 0.2) is 0 Å². The predicted octanol–water partition coefficient (Wildman–Crippen LogP) is 5.46. The Kier molecular flexibility index (Phi) is 11.0. The maximum atomic E-state index is 14.4. The molecule has 5 rings (SSSR count). The minimum Gasteiger partial charge on any atom is -0.508 e. The first-order valence-corrected chi connectivity index (χ1v) is 18.0. The standard InChI is InChI=1S/C39H57N5O3/c1-6-35(40)41-18-11-8-12-19-42-36(46)33(21-26(2)3)43-37(47)39(29-13-9-7-10-14-29)24-30(39)25-44-20-17-38(5)27(4)34(44)22-28-15-16-31(45)23-32(28)38/h7,9-10,13-16,23,26-27,30,33-34,45H,6,8,11-12,17-22,24-25H2,1-5H3,(H2,40,41)(H,42,46)(H,43,47)/t27?,30?,33?,34?,38-,39+/m1/s1. The fraction of sp³-hybridized carbons (Fsp3) is 0.615. The van der Waals surface area contributed by atoms with Crippen LogP contribution in [0.2, 0.25) is 0 Å². The first-order valence-electron chi connectivity index (χ1n) is 18.0. The minimum absolute atomic E-state index is 0.0271. The van der Waals surface area contributed by atoms with Crippen LogP contribution in [-0.2, 0) is 26.8 Å². The van der Waals surface area contributed by atoms with E-state index < -0.39 is 11.5 Å². The molecule has 0 radical (unpaired) electrons. The third kappa shape index (κ3) is 7.53. The molecule has 5 N–H and O–H groups in total. The maximum absolute atomic E-state index is 14.4. The van der Waals surface area contributed by atoms with E-state index in [9.17, 15) is 14.7 Å². The summed E-state index contributed by atoms with van der Waals surface area (Å²) in [6.07, 6.45) is 6.89. The summed E-state index contributed by atoms with van der Waals surface area (Å²) in [6.45, 7) is 14.0. The normalized spacial score (nSPS) is 27.6. The van der Waals surface area contributed by atoms with E-state index in [0.717, 1.165) is 70.1 Å². The highest BCUT2D eigenvalue weighted by atomic mass is 16.3. The number of nitrogens with two attached hydrogens (primary N) is 1. The third-order valence-electron chi connectivity index (χ3n) is 11.5. The molecule has 8 heteroatoms. The molecule has 1 saturated carbocycles. The van der Waals surface area contributed by atoms with Gasteiger partial charge in [0.25, 0.3) is 0 Å². The van der Waals surface area contributed by atoms with Gasteiger partial charge in [-0.15, -0.1) is 0 Å². The van der Waals surface area contributed by atoms with Crippen molar-refractivity contribution in [3.8, 4) is 5.75 Å². The van der Waals surface area contributed by atoms with Gasteiger partial charge in [-0.1, -0.05) is 71.0 Å². The smallest absolute Gasteiger partial charge is 0.242 e. The van der Waals surface area contributed by atoms with Crippen LogP contribution in [0, 0.1) is 17.8 Å². The Labute approximate surface area is 282 Å². The number of fused-ring (bicyclic) bond motifs is 4. The third-order valence-corrected chi connectivity index (χ3v) is 11.5. The Morgan fingerprint density at radius 3 is 2.62 bits per heavy atom. The lowest BCUT2D eigenvalue weighted by Gasteiger charge is -2.55. The molecule has 6 atom stereocenters. The Bertz CT molecular complexity index is 1430. The number of benzene rings is 2. The summed E-state index contributed by atoms with van der Waals surface area (Å²) in [4.78, 5) is 34.8. The van der Waals surface area contributed by atoms with Crippen LogP contribution in [0.25, 0.3) is 0 Å². The molecule has 8 nitrogen and oxygen atoms in total. The lowest BCUT2D eigenvalue weighted by Crippen LogP contribution is -2.58. The van der Waals surface area contributed by atoms with E-state index in [2.05, 4.69) is 66.4 Å². The number of phenolic OH excluding ortho intramolecular Hbond substituents is 1. The number of amides is 2. The Morgan fingerprint density at radius 2 is 1.89 bits per heavy atom. The predicted molar refractivity (Wildman–Crippen MR) is 190 cm³/mol. The number of nitrogens with one attached hydrogen (secondary N) is 2. The molecule has 4 unspecified atom stereocenters. The molecule has 3 aliphatic rings. The van der Waals surface area contributed by atoms with E-state index in [1.807, 2.05) is 37.3 Å². The van der Waals surface area contributed by atoms with Crippen molar-refractivity contribution in [2.24, 2.45) is 28.5 Å².